The minimum Gasteiger partial charge on any atom is -0.492 e. The number of carbonyl (C=O) groups excluding carboxylic acids is 1. The summed E-state index contributed by atoms with van der Waals surface area (Å²) in [7, 11) is 0. The SMILES string of the molecule is CC(O)CCNCCOc1ccc(CCCCN=C(N)NC(=O)c2nc(Cl)c(N)nc2N)cc1. The molecule has 0 saturated carbocycles. The summed E-state index contributed by atoms with van der Waals surface area (Å²) in [6.07, 6.45) is 3.03. The number of aryl methyl sites for hydroxylation is 1. The van der Waals surface area contributed by atoms with Crippen LogP contribution in [0.1, 0.15) is 42.2 Å². The number of anilines is 2. The molecular weight excluding hydrogens is 460 g/mol. The number of ether oxygens (including phenoxy) is 1. The maximum atomic E-state index is 12.2. The largest absolute Gasteiger partial charge is 0.492 e. The zero-order chi connectivity index (χ0) is 24.9. The molecule has 9 N–H and O–H groups in total. The van der Waals surface area contributed by atoms with Crippen LogP contribution in [-0.2, 0) is 6.42 Å². The molecule has 0 fully saturated rings. The third kappa shape index (κ3) is 9.77. The highest BCUT2D eigenvalue weighted by atomic mass is 35.5. The average molecular weight is 493 g/mol. The molecule has 0 aliphatic heterocycles. The van der Waals surface area contributed by atoms with Gasteiger partial charge >= 0.3 is 0 Å². The minimum absolute atomic E-state index is 0.0407. The minimum atomic E-state index is -0.661. The van der Waals surface area contributed by atoms with Crippen LogP contribution < -0.4 is 32.6 Å². The van der Waals surface area contributed by atoms with Crippen LogP contribution >= 0.6 is 11.6 Å². The summed E-state index contributed by atoms with van der Waals surface area (Å²) in [5.74, 6) is -0.0845. The van der Waals surface area contributed by atoms with Gasteiger partial charge in [0.1, 0.15) is 12.4 Å². The van der Waals surface area contributed by atoms with Gasteiger partial charge < -0.3 is 32.4 Å². The third-order valence-corrected chi connectivity index (χ3v) is 5.01. The predicted octanol–water partition coefficient (Wildman–Crippen LogP) is 1.10. The number of guanidine groups is 1. The lowest BCUT2D eigenvalue weighted by Crippen LogP contribution is -2.38. The molecule has 1 aromatic heterocycles. The fourth-order valence-electron chi connectivity index (χ4n) is 2.89. The fourth-order valence-corrected chi connectivity index (χ4v) is 3.02. The van der Waals surface area contributed by atoms with E-state index in [4.69, 9.17) is 33.5 Å². The highest BCUT2D eigenvalue weighted by molar-refractivity contribution is 6.31. The number of aliphatic imine (C=N–C) groups is 1. The van der Waals surface area contributed by atoms with Gasteiger partial charge in [0.15, 0.2) is 28.4 Å². The second kappa shape index (κ2) is 14.2. The van der Waals surface area contributed by atoms with Crippen molar-refractivity contribution in [1.29, 1.82) is 0 Å². The zero-order valence-corrected chi connectivity index (χ0v) is 20.0. The number of nitrogens with one attached hydrogen (secondary N) is 2. The van der Waals surface area contributed by atoms with E-state index in [1.807, 2.05) is 24.3 Å². The van der Waals surface area contributed by atoms with Gasteiger partial charge in [-0.1, -0.05) is 23.7 Å². The van der Waals surface area contributed by atoms with Crippen molar-refractivity contribution in [3.63, 3.8) is 0 Å². The Bertz CT molecular complexity index is 954. The number of amides is 1. The van der Waals surface area contributed by atoms with Crippen molar-refractivity contribution < 1.29 is 14.6 Å². The van der Waals surface area contributed by atoms with Gasteiger partial charge in [0.2, 0.25) is 0 Å². The van der Waals surface area contributed by atoms with Gasteiger partial charge in [0, 0.05) is 13.1 Å². The highest BCUT2D eigenvalue weighted by Gasteiger charge is 2.16. The maximum absolute atomic E-state index is 12.2. The normalized spacial score (nSPS) is 12.4. The molecule has 1 atom stereocenters. The molecule has 2 rings (SSSR count). The van der Waals surface area contributed by atoms with E-state index in [9.17, 15) is 9.90 Å². The molecule has 0 saturated heterocycles. The van der Waals surface area contributed by atoms with Gasteiger partial charge in [0.25, 0.3) is 5.91 Å². The van der Waals surface area contributed by atoms with Gasteiger partial charge in [-0.2, -0.15) is 0 Å². The fraction of sp³-hybridized carbons (Fsp3) is 0.455. The first-order valence-corrected chi connectivity index (χ1v) is 11.4. The first kappa shape index (κ1) is 27.1. The van der Waals surface area contributed by atoms with Crippen molar-refractivity contribution in [2.75, 3.05) is 37.7 Å². The quantitative estimate of drug-likeness (QED) is 0.135. The summed E-state index contributed by atoms with van der Waals surface area (Å²) < 4.78 is 5.70. The Morgan fingerprint density at radius 2 is 1.91 bits per heavy atom. The summed E-state index contributed by atoms with van der Waals surface area (Å²) in [5, 5.41) is 14.7. The van der Waals surface area contributed by atoms with Crippen molar-refractivity contribution >= 4 is 35.1 Å². The molecule has 1 unspecified atom stereocenters. The molecule has 186 valence electrons. The second-order valence-electron chi connectivity index (χ2n) is 7.69. The van der Waals surface area contributed by atoms with Crippen LogP contribution in [0.25, 0.3) is 0 Å². The number of benzene rings is 1. The summed E-state index contributed by atoms with van der Waals surface area (Å²) in [6.45, 7) is 4.30. The molecule has 0 spiro atoms. The van der Waals surface area contributed by atoms with Crippen LogP contribution in [0.2, 0.25) is 5.15 Å². The van der Waals surface area contributed by atoms with Gasteiger partial charge in [-0.25, -0.2) is 9.97 Å². The molecule has 11 nitrogen and oxygen atoms in total. The number of unbranched alkanes of at least 4 members (excludes halogenated alkanes) is 1. The monoisotopic (exact) mass is 492 g/mol. The molecular formula is C22H33ClN8O3. The van der Waals surface area contributed by atoms with E-state index >= 15 is 0 Å². The number of aliphatic hydroxyl groups is 1. The second-order valence-corrected chi connectivity index (χ2v) is 8.05. The van der Waals surface area contributed by atoms with Gasteiger partial charge in [-0.3, -0.25) is 15.1 Å². The van der Waals surface area contributed by atoms with Crippen molar-refractivity contribution in [3.05, 3.63) is 40.7 Å². The molecule has 12 heteroatoms. The Labute approximate surface area is 204 Å². The van der Waals surface area contributed by atoms with Crippen molar-refractivity contribution in [3.8, 4) is 5.75 Å². The number of halogens is 1. The summed E-state index contributed by atoms with van der Waals surface area (Å²) in [6, 6.07) is 7.98. The van der Waals surface area contributed by atoms with Gasteiger partial charge in [-0.05, 0) is 56.8 Å². The van der Waals surface area contributed by atoms with Crippen LogP contribution in [0, 0.1) is 0 Å². The molecule has 34 heavy (non-hydrogen) atoms. The first-order chi connectivity index (χ1) is 16.3. The van der Waals surface area contributed by atoms with Crippen molar-refractivity contribution in [2.45, 2.75) is 38.7 Å². The molecule has 1 heterocycles. The van der Waals surface area contributed by atoms with Crippen molar-refractivity contribution in [1.82, 2.24) is 20.6 Å². The topological polar surface area (TPSA) is 187 Å². The molecule has 0 radical (unpaired) electrons. The molecule has 1 aromatic carbocycles. The van der Waals surface area contributed by atoms with E-state index in [1.54, 1.807) is 6.92 Å². The van der Waals surface area contributed by atoms with E-state index in [2.05, 4.69) is 25.6 Å². The van der Waals surface area contributed by atoms with Crippen molar-refractivity contribution in [2.24, 2.45) is 10.7 Å². The number of nitrogen functional groups attached to an aromatic ring is 2. The number of carbonyl (C=O) groups is 1. The third-order valence-electron chi connectivity index (χ3n) is 4.73. The number of hydrogen-bond donors (Lipinski definition) is 6. The van der Waals surface area contributed by atoms with E-state index < -0.39 is 5.91 Å². The molecule has 2 aromatic rings. The van der Waals surface area contributed by atoms with E-state index in [1.165, 1.54) is 5.56 Å². The smallest absolute Gasteiger partial charge is 0.280 e. The van der Waals surface area contributed by atoms with Crippen LogP contribution in [0.15, 0.2) is 29.3 Å². The Balaban J connectivity index is 1.64. The lowest BCUT2D eigenvalue weighted by atomic mass is 10.1. The lowest BCUT2D eigenvalue weighted by Gasteiger charge is -2.09. The van der Waals surface area contributed by atoms with Crippen LogP contribution in [0.4, 0.5) is 11.6 Å². The molecule has 1 amide bonds. The van der Waals surface area contributed by atoms with E-state index in [0.29, 0.717) is 13.2 Å². The van der Waals surface area contributed by atoms with Crippen LogP contribution in [-0.4, -0.2) is 59.3 Å². The molecule has 0 aliphatic carbocycles. The highest BCUT2D eigenvalue weighted by Crippen LogP contribution is 2.17. The Morgan fingerprint density at radius 1 is 1.18 bits per heavy atom. The molecule has 0 bridgehead atoms. The number of aliphatic hydroxyl groups excluding tert-OH is 1. The van der Waals surface area contributed by atoms with Crippen LogP contribution in [0.5, 0.6) is 5.75 Å². The van der Waals surface area contributed by atoms with Gasteiger partial charge in [-0.15, -0.1) is 0 Å². The number of nitrogens with two attached hydrogens (primary N) is 3. The predicted molar refractivity (Wildman–Crippen MR) is 134 cm³/mol. The average Bonchev–Trinajstić information content (AvgIpc) is 2.79. The zero-order valence-electron chi connectivity index (χ0n) is 19.3. The number of hydrogen-bond acceptors (Lipinski definition) is 9. The Hall–Kier alpha value is -3.15. The first-order valence-electron chi connectivity index (χ1n) is 11.1. The molecule has 0 aliphatic rings. The number of aromatic nitrogens is 2. The van der Waals surface area contributed by atoms with E-state index in [0.717, 1.165) is 44.5 Å². The Morgan fingerprint density at radius 3 is 2.62 bits per heavy atom. The van der Waals surface area contributed by atoms with E-state index in [-0.39, 0.29) is 34.5 Å². The Kier molecular flexibility index (Phi) is 11.3. The number of rotatable bonds is 13. The standard InChI is InChI=1S/C22H33ClN8O3/c1-14(32)9-11-27-12-13-34-16-7-5-15(6-8-16)4-2-3-10-28-22(26)31-21(33)17-19(24)30-20(25)18(23)29-17/h5-8,14,27,32H,2-4,9-13H2,1H3,(H4,24,25,30)(H3,26,28,31,33). The number of nitrogens with zero attached hydrogens (tertiary/aromatic N) is 3. The summed E-state index contributed by atoms with van der Waals surface area (Å²) >= 11 is 5.78. The maximum Gasteiger partial charge on any atom is 0.280 e. The van der Waals surface area contributed by atoms with Crippen LogP contribution in [0.3, 0.4) is 0 Å². The lowest BCUT2D eigenvalue weighted by molar-refractivity contribution is 0.0972. The summed E-state index contributed by atoms with van der Waals surface area (Å²) in [5.41, 5.74) is 17.9. The summed E-state index contributed by atoms with van der Waals surface area (Å²) in [4.78, 5) is 23.9. The van der Waals surface area contributed by atoms with Gasteiger partial charge in [0.05, 0.1) is 6.10 Å².